The van der Waals surface area contributed by atoms with E-state index in [0.29, 0.717) is 12.4 Å². The van der Waals surface area contributed by atoms with E-state index in [-0.39, 0.29) is 0 Å². The molecule has 0 unspecified atom stereocenters. The van der Waals surface area contributed by atoms with Gasteiger partial charge in [-0.2, -0.15) is 4.98 Å². The Morgan fingerprint density at radius 1 is 1.58 bits per heavy atom. The first-order valence-electron chi connectivity index (χ1n) is 3.93. The number of hydrogen-bond donors (Lipinski definition) is 1. The highest BCUT2D eigenvalue weighted by Crippen LogP contribution is 2.09. The molecule has 0 radical (unpaired) electrons. The maximum Gasteiger partial charge on any atom is 0.306 e. The predicted molar refractivity (Wildman–Crippen MR) is 45.0 cm³/mol. The minimum atomic E-state index is 0.607. The van der Waals surface area contributed by atoms with Gasteiger partial charge >= 0.3 is 5.84 Å². The molecule has 0 amide bonds. The molecule has 0 aliphatic carbocycles. The van der Waals surface area contributed by atoms with Gasteiger partial charge in [0.1, 0.15) is 5.76 Å². The summed E-state index contributed by atoms with van der Waals surface area (Å²) in [7, 11) is 0. The smallest absolute Gasteiger partial charge is 0.306 e. The molecular formula is C8H11N3O. The third kappa shape index (κ3) is 1.10. The van der Waals surface area contributed by atoms with Crippen LogP contribution in [0.15, 0.2) is 16.8 Å². The van der Waals surface area contributed by atoms with Crippen LogP contribution < -0.4 is 5.73 Å². The van der Waals surface area contributed by atoms with Gasteiger partial charge in [0.15, 0.2) is 0 Å². The largest absolute Gasteiger partial charge is 0.428 e. The molecule has 0 atom stereocenters. The van der Waals surface area contributed by atoms with Crippen molar-refractivity contribution in [1.29, 1.82) is 0 Å². The second-order valence-electron chi connectivity index (χ2n) is 2.81. The third-order valence-corrected chi connectivity index (χ3v) is 1.71. The normalized spacial score (nSPS) is 11.2. The van der Waals surface area contributed by atoms with Gasteiger partial charge in [0, 0.05) is 12.6 Å². The zero-order valence-corrected chi connectivity index (χ0v) is 6.95. The molecular weight excluding hydrogens is 154 g/mol. The van der Waals surface area contributed by atoms with Crippen LogP contribution >= 0.6 is 0 Å². The van der Waals surface area contributed by atoms with Gasteiger partial charge in [-0.25, -0.2) is 0 Å². The quantitative estimate of drug-likeness (QED) is 0.714. The number of aromatic nitrogens is 2. The van der Waals surface area contributed by atoms with E-state index in [1.165, 1.54) is 0 Å². The van der Waals surface area contributed by atoms with Gasteiger partial charge in [0.2, 0.25) is 0 Å². The summed E-state index contributed by atoms with van der Waals surface area (Å²) in [6.07, 6.45) is 4.61. The molecule has 0 aromatic carbocycles. The van der Waals surface area contributed by atoms with Crippen molar-refractivity contribution < 1.29 is 4.42 Å². The van der Waals surface area contributed by atoms with Gasteiger partial charge in [-0.3, -0.25) is 4.40 Å². The first-order chi connectivity index (χ1) is 5.79. The molecule has 0 aliphatic rings. The van der Waals surface area contributed by atoms with Crippen LogP contribution in [0.25, 0.3) is 5.84 Å². The summed E-state index contributed by atoms with van der Waals surface area (Å²) < 4.78 is 7.28. The first-order valence-corrected chi connectivity index (χ1v) is 3.93. The molecule has 0 bridgehead atoms. The Balaban J connectivity index is 2.43. The fourth-order valence-corrected chi connectivity index (χ4v) is 1.22. The Hall–Kier alpha value is -1.29. The maximum atomic E-state index is 5.40. The number of aryl methyl sites for hydroxylation is 1. The summed E-state index contributed by atoms with van der Waals surface area (Å²) in [5, 5.41) is 0. The maximum absolute atomic E-state index is 5.40. The average molecular weight is 165 g/mol. The lowest BCUT2D eigenvalue weighted by molar-refractivity contribution is 0.537. The Bertz CT molecular complexity index is 356. The predicted octanol–water partition coefficient (Wildman–Crippen LogP) is 0.737. The molecule has 0 saturated carbocycles. The van der Waals surface area contributed by atoms with Crippen molar-refractivity contribution in [3.8, 4) is 0 Å². The van der Waals surface area contributed by atoms with Gasteiger partial charge < -0.3 is 10.2 Å². The van der Waals surface area contributed by atoms with E-state index in [2.05, 4.69) is 4.98 Å². The van der Waals surface area contributed by atoms with Crippen molar-refractivity contribution in [3.63, 3.8) is 0 Å². The minimum absolute atomic E-state index is 0.607. The highest BCUT2D eigenvalue weighted by Gasteiger charge is 2.04. The molecule has 0 fully saturated rings. The van der Waals surface area contributed by atoms with Gasteiger partial charge in [0.25, 0.3) is 0 Å². The minimum Gasteiger partial charge on any atom is -0.428 e. The highest BCUT2D eigenvalue weighted by atomic mass is 16.4. The van der Waals surface area contributed by atoms with Crippen LogP contribution in [0.1, 0.15) is 11.5 Å². The molecule has 64 valence electrons. The Morgan fingerprint density at radius 2 is 2.42 bits per heavy atom. The lowest BCUT2D eigenvalue weighted by Crippen LogP contribution is -2.01. The van der Waals surface area contributed by atoms with Crippen molar-refractivity contribution in [1.82, 2.24) is 9.38 Å². The third-order valence-electron chi connectivity index (χ3n) is 1.71. The highest BCUT2D eigenvalue weighted by molar-refractivity contribution is 5.27. The van der Waals surface area contributed by atoms with E-state index in [1.54, 1.807) is 0 Å². The summed E-state index contributed by atoms with van der Waals surface area (Å²) in [6, 6.07) is 0. The summed E-state index contributed by atoms with van der Waals surface area (Å²) in [5.74, 6) is 1.54. The Labute approximate surface area is 70.0 Å². The summed E-state index contributed by atoms with van der Waals surface area (Å²) in [4.78, 5) is 4.17. The number of imidazole rings is 1. The number of rotatable bonds is 2. The van der Waals surface area contributed by atoms with Crippen molar-refractivity contribution in [2.45, 2.75) is 13.3 Å². The van der Waals surface area contributed by atoms with Gasteiger partial charge in [-0.15, -0.1) is 0 Å². The fourth-order valence-electron chi connectivity index (χ4n) is 1.22. The molecule has 4 heteroatoms. The average Bonchev–Trinajstić information content (AvgIpc) is 2.44. The summed E-state index contributed by atoms with van der Waals surface area (Å²) in [6.45, 7) is 2.54. The Morgan fingerprint density at radius 3 is 3.08 bits per heavy atom. The fraction of sp³-hybridized carbons (Fsp3) is 0.375. The van der Waals surface area contributed by atoms with E-state index >= 15 is 0 Å². The molecule has 0 spiro atoms. The van der Waals surface area contributed by atoms with E-state index < -0.39 is 0 Å². The number of nitrogens with zero attached hydrogens (tertiary/aromatic N) is 2. The second kappa shape index (κ2) is 2.64. The summed E-state index contributed by atoms with van der Waals surface area (Å²) in [5.41, 5.74) is 6.36. The molecule has 2 aromatic rings. The van der Waals surface area contributed by atoms with Gasteiger partial charge in [-0.05, 0) is 13.5 Å². The topological polar surface area (TPSA) is 56.5 Å². The van der Waals surface area contributed by atoms with Crippen molar-refractivity contribution in [3.05, 3.63) is 23.8 Å². The zero-order valence-electron chi connectivity index (χ0n) is 6.95. The van der Waals surface area contributed by atoms with E-state index in [4.69, 9.17) is 10.2 Å². The van der Waals surface area contributed by atoms with Crippen LogP contribution in [0.3, 0.4) is 0 Å². The van der Waals surface area contributed by atoms with E-state index in [0.717, 1.165) is 17.9 Å². The molecule has 2 aromatic heterocycles. The lowest BCUT2D eigenvalue weighted by Gasteiger charge is -1.86. The van der Waals surface area contributed by atoms with Gasteiger partial charge in [0.05, 0.1) is 11.9 Å². The lowest BCUT2D eigenvalue weighted by atomic mass is 10.4. The first kappa shape index (κ1) is 7.36. The number of oxazole rings is 1. The van der Waals surface area contributed by atoms with Crippen LogP contribution in [0.4, 0.5) is 0 Å². The second-order valence-corrected chi connectivity index (χ2v) is 2.81. The summed E-state index contributed by atoms with van der Waals surface area (Å²) >= 11 is 0. The van der Waals surface area contributed by atoms with Crippen molar-refractivity contribution in [2.75, 3.05) is 6.54 Å². The Kier molecular flexibility index (Phi) is 1.62. The number of hydrogen-bond acceptors (Lipinski definition) is 3. The van der Waals surface area contributed by atoms with E-state index in [9.17, 15) is 0 Å². The molecule has 12 heavy (non-hydrogen) atoms. The van der Waals surface area contributed by atoms with Crippen molar-refractivity contribution in [2.24, 2.45) is 5.73 Å². The molecule has 2 N–H and O–H groups in total. The van der Waals surface area contributed by atoms with Crippen LogP contribution in [0.5, 0.6) is 0 Å². The molecule has 0 aliphatic heterocycles. The SMILES string of the molecule is Cc1cn2cc(CCN)oc2n1. The molecule has 2 rings (SSSR count). The monoisotopic (exact) mass is 165 g/mol. The van der Waals surface area contributed by atoms with Gasteiger partial charge in [-0.1, -0.05) is 0 Å². The molecule has 2 heterocycles. The van der Waals surface area contributed by atoms with Crippen LogP contribution in [-0.4, -0.2) is 15.9 Å². The number of nitrogens with two attached hydrogens (primary N) is 1. The van der Waals surface area contributed by atoms with Crippen LogP contribution in [-0.2, 0) is 6.42 Å². The zero-order chi connectivity index (χ0) is 8.55. The van der Waals surface area contributed by atoms with Crippen LogP contribution in [0, 0.1) is 6.92 Å². The standard InChI is InChI=1S/C8H11N3O/c1-6-4-11-5-7(2-3-9)12-8(11)10-6/h4-5H,2-3,9H2,1H3. The van der Waals surface area contributed by atoms with Crippen molar-refractivity contribution >= 4 is 5.84 Å². The van der Waals surface area contributed by atoms with Crippen LogP contribution in [0.2, 0.25) is 0 Å². The molecule has 0 saturated heterocycles. The van der Waals surface area contributed by atoms with E-state index in [1.807, 2.05) is 23.7 Å². The molecule has 4 nitrogen and oxygen atoms in total. The number of fused-ring (bicyclic) bond motifs is 1.